The Labute approximate surface area is 99.2 Å². The van der Waals surface area contributed by atoms with Crippen molar-refractivity contribution in [3.63, 3.8) is 0 Å². The molecule has 2 heterocycles. The fourth-order valence-electron chi connectivity index (χ4n) is 1.24. The smallest absolute Gasteiger partial charge is 0.289 e. The van der Waals surface area contributed by atoms with Crippen molar-refractivity contribution in [3.8, 4) is 10.6 Å². The molecule has 3 nitrogen and oxygen atoms in total. The summed E-state index contributed by atoms with van der Waals surface area (Å²) in [6.45, 7) is 1.72. The lowest BCUT2D eigenvalue weighted by atomic mass is 10.3. The lowest BCUT2D eigenvalue weighted by Gasteiger charge is -1.91. The van der Waals surface area contributed by atoms with Crippen molar-refractivity contribution in [2.75, 3.05) is 12.4 Å². The first-order valence-corrected chi connectivity index (χ1v) is 6.20. The number of thiazole rings is 2. The Kier molecular flexibility index (Phi) is 3.15. The number of alkyl halides is 2. The average molecular weight is 261 g/mol. The Morgan fingerprint density at radius 1 is 1.38 bits per heavy atom. The number of hydrogen-bond donors (Lipinski definition) is 1. The van der Waals surface area contributed by atoms with Crippen LogP contribution in [0.15, 0.2) is 5.38 Å². The van der Waals surface area contributed by atoms with Crippen LogP contribution in [0.3, 0.4) is 0 Å². The normalized spacial score (nSPS) is 11.1. The van der Waals surface area contributed by atoms with Gasteiger partial charge in [-0.05, 0) is 6.92 Å². The van der Waals surface area contributed by atoms with Crippen LogP contribution in [0.1, 0.15) is 17.1 Å². The van der Waals surface area contributed by atoms with Crippen LogP contribution in [0.25, 0.3) is 10.6 Å². The van der Waals surface area contributed by atoms with E-state index in [2.05, 4.69) is 15.3 Å². The second kappa shape index (κ2) is 4.42. The summed E-state index contributed by atoms with van der Waals surface area (Å²) in [5.74, 6) is 0. The third kappa shape index (κ3) is 2.05. The molecule has 0 saturated carbocycles. The lowest BCUT2D eigenvalue weighted by molar-refractivity contribution is 0.151. The SMILES string of the molecule is CNc1nc(-c2sc(C(F)F)nc2C)cs1. The number of anilines is 1. The highest BCUT2D eigenvalue weighted by Gasteiger charge is 2.18. The molecule has 0 atom stereocenters. The Bertz CT molecular complexity index is 493. The molecule has 1 N–H and O–H groups in total. The quantitative estimate of drug-likeness (QED) is 0.918. The fraction of sp³-hybridized carbons (Fsp3) is 0.333. The summed E-state index contributed by atoms with van der Waals surface area (Å²) in [5, 5.41) is 5.36. The molecule has 0 aliphatic rings. The Morgan fingerprint density at radius 2 is 2.12 bits per heavy atom. The standard InChI is InChI=1S/C9H9F2N3S2/c1-4-6(16-8(13-4)7(10)11)5-3-15-9(12-2)14-5/h3,7H,1-2H3,(H,12,14). The van der Waals surface area contributed by atoms with Crippen molar-refractivity contribution >= 4 is 27.8 Å². The van der Waals surface area contributed by atoms with Crippen LogP contribution in [-0.4, -0.2) is 17.0 Å². The molecule has 2 aromatic rings. The molecule has 2 aromatic heterocycles. The number of nitrogens with one attached hydrogen (secondary N) is 1. The van der Waals surface area contributed by atoms with Crippen LogP contribution in [0.2, 0.25) is 0 Å². The van der Waals surface area contributed by atoms with Crippen molar-refractivity contribution in [2.24, 2.45) is 0 Å². The predicted molar refractivity (Wildman–Crippen MR) is 62.5 cm³/mol. The third-order valence-electron chi connectivity index (χ3n) is 1.95. The molecule has 0 radical (unpaired) electrons. The molecule has 7 heteroatoms. The number of halogens is 2. The van der Waals surface area contributed by atoms with Gasteiger partial charge in [0.15, 0.2) is 10.1 Å². The zero-order valence-electron chi connectivity index (χ0n) is 8.62. The molecule has 86 valence electrons. The minimum absolute atomic E-state index is 0.147. The van der Waals surface area contributed by atoms with Crippen molar-refractivity contribution in [1.29, 1.82) is 0 Å². The number of aryl methyl sites for hydroxylation is 1. The van der Waals surface area contributed by atoms with Crippen molar-refractivity contribution in [2.45, 2.75) is 13.3 Å². The van der Waals surface area contributed by atoms with Gasteiger partial charge in [0.05, 0.1) is 16.3 Å². The van der Waals surface area contributed by atoms with Crippen molar-refractivity contribution in [1.82, 2.24) is 9.97 Å². The third-order valence-corrected chi connectivity index (χ3v) is 4.00. The van der Waals surface area contributed by atoms with E-state index in [0.29, 0.717) is 16.3 Å². The molecule has 0 aliphatic carbocycles. The highest BCUT2D eigenvalue weighted by atomic mass is 32.1. The lowest BCUT2D eigenvalue weighted by Crippen LogP contribution is -1.85. The van der Waals surface area contributed by atoms with Gasteiger partial charge in [-0.25, -0.2) is 18.7 Å². The second-order valence-electron chi connectivity index (χ2n) is 3.06. The molecule has 0 aromatic carbocycles. The van der Waals surface area contributed by atoms with Gasteiger partial charge in [-0.1, -0.05) is 0 Å². The van der Waals surface area contributed by atoms with E-state index in [4.69, 9.17) is 0 Å². The number of aromatic nitrogens is 2. The van der Waals surface area contributed by atoms with Gasteiger partial charge < -0.3 is 5.32 Å². The van der Waals surface area contributed by atoms with Gasteiger partial charge in [-0.3, -0.25) is 0 Å². The van der Waals surface area contributed by atoms with E-state index in [9.17, 15) is 8.78 Å². The summed E-state index contributed by atoms with van der Waals surface area (Å²) >= 11 is 2.44. The Balaban J connectivity index is 2.39. The van der Waals surface area contributed by atoms with E-state index in [0.717, 1.165) is 16.5 Å². The number of hydrogen-bond acceptors (Lipinski definition) is 5. The van der Waals surface area contributed by atoms with Gasteiger partial charge in [0, 0.05) is 12.4 Å². The molecule has 0 fully saturated rings. The van der Waals surface area contributed by atoms with Crippen LogP contribution in [0.5, 0.6) is 0 Å². The molecular weight excluding hydrogens is 252 g/mol. The summed E-state index contributed by atoms with van der Waals surface area (Å²) < 4.78 is 24.9. The molecule has 2 rings (SSSR count). The van der Waals surface area contributed by atoms with Gasteiger partial charge >= 0.3 is 0 Å². The van der Waals surface area contributed by atoms with Gasteiger partial charge in [0.1, 0.15) is 0 Å². The van der Waals surface area contributed by atoms with Crippen LogP contribution in [0, 0.1) is 6.92 Å². The maximum Gasteiger partial charge on any atom is 0.289 e. The van der Waals surface area contributed by atoms with E-state index < -0.39 is 6.43 Å². The zero-order valence-corrected chi connectivity index (χ0v) is 10.3. The molecular formula is C9H9F2N3S2. The zero-order chi connectivity index (χ0) is 11.7. The molecule has 0 bridgehead atoms. The van der Waals surface area contributed by atoms with E-state index in [-0.39, 0.29) is 5.01 Å². The highest BCUT2D eigenvalue weighted by molar-refractivity contribution is 7.16. The molecule has 0 unspecified atom stereocenters. The number of rotatable bonds is 3. The Hall–Kier alpha value is -1.08. The largest absolute Gasteiger partial charge is 0.365 e. The number of nitrogens with zero attached hydrogens (tertiary/aromatic N) is 2. The highest BCUT2D eigenvalue weighted by Crippen LogP contribution is 2.35. The summed E-state index contributed by atoms with van der Waals surface area (Å²) in [6.07, 6.45) is -2.51. The van der Waals surface area contributed by atoms with E-state index in [1.54, 1.807) is 14.0 Å². The minimum atomic E-state index is -2.51. The summed E-state index contributed by atoms with van der Waals surface area (Å²) in [4.78, 5) is 8.82. The predicted octanol–water partition coefficient (Wildman–Crippen LogP) is 3.55. The van der Waals surface area contributed by atoms with Crippen LogP contribution in [-0.2, 0) is 0 Å². The first-order chi connectivity index (χ1) is 7.61. The van der Waals surface area contributed by atoms with Gasteiger partial charge in [0.25, 0.3) is 6.43 Å². The van der Waals surface area contributed by atoms with Crippen LogP contribution >= 0.6 is 22.7 Å². The summed E-state index contributed by atoms with van der Waals surface area (Å²) in [5.41, 5.74) is 1.31. The first kappa shape index (κ1) is 11.4. The second-order valence-corrected chi connectivity index (χ2v) is 4.94. The van der Waals surface area contributed by atoms with Crippen LogP contribution < -0.4 is 5.32 Å². The monoisotopic (exact) mass is 261 g/mol. The van der Waals surface area contributed by atoms with Gasteiger partial charge in [-0.15, -0.1) is 22.7 Å². The fourth-order valence-corrected chi connectivity index (χ4v) is 2.86. The van der Waals surface area contributed by atoms with Gasteiger partial charge in [0.2, 0.25) is 0 Å². The maximum absolute atomic E-state index is 12.5. The molecule has 0 aliphatic heterocycles. The molecule has 0 amide bonds. The van der Waals surface area contributed by atoms with Crippen molar-refractivity contribution < 1.29 is 8.78 Å². The summed E-state index contributed by atoms with van der Waals surface area (Å²) in [6, 6.07) is 0. The van der Waals surface area contributed by atoms with Crippen LogP contribution in [0.4, 0.5) is 13.9 Å². The molecule has 16 heavy (non-hydrogen) atoms. The van der Waals surface area contributed by atoms with E-state index >= 15 is 0 Å². The van der Waals surface area contributed by atoms with Gasteiger partial charge in [-0.2, -0.15) is 0 Å². The topological polar surface area (TPSA) is 37.8 Å². The summed E-state index contributed by atoms with van der Waals surface area (Å²) in [7, 11) is 1.77. The van der Waals surface area contributed by atoms with E-state index in [1.165, 1.54) is 11.3 Å². The molecule has 0 saturated heterocycles. The van der Waals surface area contributed by atoms with E-state index in [1.807, 2.05) is 5.38 Å². The average Bonchev–Trinajstić information content (AvgIpc) is 2.83. The molecule has 0 spiro atoms. The minimum Gasteiger partial charge on any atom is -0.365 e. The Morgan fingerprint density at radius 3 is 2.62 bits per heavy atom. The van der Waals surface area contributed by atoms with Crippen molar-refractivity contribution in [3.05, 3.63) is 16.1 Å². The first-order valence-electron chi connectivity index (χ1n) is 4.51. The maximum atomic E-state index is 12.5.